The highest BCUT2D eigenvalue weighted by molar-refractivity contribution is 6.04. The molecule has 0 radical (unpaired) electrons. The van der Waals surface area contributed by atoms with Gasteiger partial charge in [0.05, 0.1) is 11.9 Å². The molecule has 0 atom stereocenters. The summed E-state index contributed by atoms with van der Waals surface area (Å²) < 4.78 is 7.23. The number of aryl methyl sites for hydroxylation is 1. The van der Waals surface area contributed by atoms with Gasteiger partial charge in [-0.2, -0.15) is 5.10 Å². The lowest BCUT2D eigenvalue weighted by Gasteiger charge is -1.98. The number of benzene rings is 1. The lowest BCUT2D eigenvalue weighted by Crippen LogP contribution is -2.10. The van der Waals surface area contributed by atoms with Crippen LogP contribution in [0.2, 0.25) is 0 Å². The van der Waals surface area contributed by atoms with Gasteiger partial charge in [-0.25, -0.2) is 0 Å². The Balaban J connectivity index is 1.84. The maximum absolute atomic E-state index is 12.1. The van der Waals surface area contributed by atoms with Crippen LogP contribution in [0, 0.1) is 0 Å². The second kappa shape index (κ2) is 4.73. The molecule has 2 aromatic heterocycles. The summed E-state index contributed by atoms with van der Waals surface area (Å²) in [7, 11) is 0. The van der Waals surface area contributed by atoms with Gasteiger partial charge in [-0.15, -0.1) is 0 Å². The van der Waals surface area contributed by atoms with Gasteiger partial charge in [0, 0.05) is 23.8 Å². The van der Waals surface area contributed by atoms with Gasteiger partial charge in [-0.05, 0) is 31.2 Å². The van der Waals surface area contributed by atoms with E-state index in [2.05, 4.69) is 10.4 Å². The van der Waals surface area contributed by atoms with E-state index in [1.807, 2.05) is 6.92 Å². The number of nitrogens with two attached hydrogens (primary N) is 1. The van der Waals surface area contributed by atoms with Crippen molar-refractivity contribution >= 4 is 28.3 Å². The fraction of sp³-hybridized carbons (Fsp3) is 0.143. The number of hydrogen-bond acceptors (Lipinski definition) is 4. The number of aromatic nitrogens is 2. The number of hydrogen-bond donors (Lipinski definition) is 2. The molecule has 0 unspecified atom stereocenters. The van der Waals surface area contributed by atoms with E-state index in [1.165, 1.54) is 0 Å². The number of carbonyl (C=O) groups is 1. The van der Waals surface area contributed by atoms with Crippen molar-refractivity contribution < 1.29 is 9.21 Å². The summed E-state index contributed by atoms with van der Waals surface area (Å²) in [6.45, 7) is 2.72. The lowest BCUT2D eigenvalue weighted by molar-refractivity contribution is 0.0998. The van der Waals surface area contributed by atoms with Crippen LogP contribution in [0.5, 0.6) is 0 Å². The number of furan rings is 1. The van der Waals surface area contributed by atoms with Crippen LogP contribution >= 0.6 is 0 Å². The van der Waals surface area contributed by atoms with E-state index in [0.29, 0.717) is 17.0 Å². The summed E-state index contributed by atoms with van der Waals surface area (Å²) >= 11 is 0. The predicted octanol–water partition coefficient (Wildman–Crippen LogP) is 2.48. The summed E-state index contributed by atoms with van der Waals surface area (Å²) in [5.41, 5.74) is 7.60. The van der Waals surface area contributed by atoms with Gasteiger partial charge in [0.2, 0.25) is 0 Å². The minimum atomic E-state index is -0.310. The van der Waals surface area contributed by atoms with Crippen molar-refractivity contribution in [2.75, 3.05) is 11.1 Å². The molecule has 6 nitrogen and oxygen atoms in total. The Morgan fingerprint density at radius 3 is 3.05 bits per heavy atom. The average Bonchev–Trinajstić information content (AvgIpc) is 3.04. The van der Waals surface area contributed by atoms with Gasteiger partial charge in [-0.3, -0.25) is 9.48 Å². The SMILES string of the molecule is CCn1cc(NC(=O)c2cc3cc(N)ccc3o2)cn1. The number of fused-ring (bicyclic) bond motifs is 1. The van der Waals surface area contributed by atoms with Gasteiger partial charge in [0.15, 0.2) is 5.76 Å². The highest BCUT2D eigenvalue weighted by Gasteiger charge is 2.13. The van der Waals surface area contributed by atoms with Gasteiger partial charge in [0.1, 0.15) is 5.58 Å². The monoisotopic (exact) mass is 270 g/mol. The molecule has 1 aromatic carbocycles. The van der Waals surface area contributed by atoms with Crippen molar-refractivity contribution in [3.05, 3.63) is 42.4 Å². The first-order valence-corrected chi connectivity index (χ1v) is 6.28. The van der Waals surface area contributed by atoms with Crippen LogP contribution in [0.1, 0.15) is 17.5 Å². The molecule has 1 amide bonds. The number of anilines is 2. The Kier molecular flexibility index (Phi) is 2.90. The Hall–Kier alpha value is -2.76. The molecule has 20 heavy (non-hydrogen) atoms. The predicted molar refractivity (Wildman–Crippen MR) is 76.5 cm³/mol. The van der Waals surface area contributed by atoms with Crippen molar-refractivity contribution in [3.63, 3.8) is 0 Å². The summed E-state index contributed by atoms with van der Waals surface area (Å²) in [5.74, 6) is -0.0646. The van der Waals surface area contributed by atoms with Crippen LogP contribution in [0.3, 0.4) is 0 Å². The van der Waals surface area contributed by atoms with E-state index in [1.54, 1.807) is 41.3 Å². The fourth-order valence-electron chi connectivity index (χ4n) is 1.97. The van der Waals surface area contributed by atoms with Crippen molar-refractivity contribution in [1.29, 1.82) is 0 Å². The maximum Gasteiger partial charge on any atom is 0.291 e. The van der Waals surface area contributed by atoms with Crippen molar-refractivity contribution in [2.24, 2.45) is 0 Å². The molecule has 0 bridgehead atoms. The Morgan fingerprint density at radius 1 is 1.45 bits per heavy atom. The summed E-state index contributed by atoms with van der Waals surface area (Å²) in [4.78, 5) is 12.1. The number of nitrogen functional groups attached to an aromatic ring is 1. The van der Waals surface area contributed by atoms with E-state index in [-0.39, 0.29) is 11.7 Å². The van der Waals surface area contributed by atoms with E-state index in [0.717, 1.165) is 11.9 Å². The molecule has 0 saturated heterocycles. The van der Waals surface area contributed by atoms with Crippen LogP contribution in [-0.4, -0.2) is 15.7 Å². The van der Waals surface area contributed by atoms with Crippen LogP contribution in [0.15, 0.2) is 41.1 Å². The third kappa shape index (κ3) is 2.23. The lowest BCUT2D eigenvalue weighted by atomic mass is 10.2. The molecule has 6 heteroatoms. The minimum Gasteiger partial charge on any atom is -0.451 e. The van der Waals surface area contributed by atoms with Crippen molar-refractivity contribution in [3.8, 4) is 0 Å². The number of nitrogens with zero attached hydrogens (tertiary/aromatic N) is 2. The molecule has 0 aliphatic carbocycles. The largest absolute Gasteiger partial charge is 0.451 e. The minimum absolute atomic E-state index is 0.245. The van der Waals surface area contributed by atoms with Crippen LogP contribution < -0.4 is 11.1 Å². The molecule has 0 spiro atoms. The molecule has 3 rings (SSSR count). The summed E-state index contributed by atoms with van der Waals surface area (Å²) in [6, 6.07) is 6.92. The highest BCUT2D eigenvalue weighted by Crippen LogP contribution is 2.22. The number of carbonyl (C=O) groups excluding carboxylic acids is 1. The number of rotatable bonds is 3. The normalized spacial score (nSPS) is 10.8. The molecule has 0 aliphatic heterocycles. The molecule has 0 aliphatic rings. The average molecular weight is 270 g/mol. The molecule has 0 saturated carbocycles. The van der Waals surface area contributed by atoms with E-state index in [9.17, 15) is 4.79 Å². The topological polar surface area (TPSA) is 86.1 Å². The summed E-state index contributed by atoms with van der Waals surface area (Å²) in [5, 5.41) is 7.64. The quantitative estimate of drug-likeness (QED) is 0.716. The maximum atomic E-state index is 12.1. The fourth-order valence-corrected chi connectivity index (χ4v) is 1.97. The van der Waals surface area contributed by atoms with Crippen LogP contribution in [0.4, 0.5) is 11.4 Å². The second-order valence-electron chi connectivity index (χ2n) is 4.45. The summed E-state index contributed by atoms with van der Waals surface area (Å²) in [6.07, 6.45) is 3.36. The van der Waals surface area contributed by atoms with E-state index >= 15 is 0 Å². The molecule has 102 valence electrons. The van der Waals surface area contributed by atoms with Crippen molar-refractivity contribution in [2.45, 2.75) is 13.5 Å². The van der Waals surface area contributed by atoms with Gasteiger partial charge < -0.3 is 15.5 Å². The highest BCUT2D eigenvalue weighted by atomic mass is 16.3. The van der Waals surface area contributed by atoms with Crippen LogP contribution in [0.25, 0.3) is 11.0 Å². The zero-order valence-electron chi connectivity index (χ0n) is 11.0. The van der Waals surface area contributed by atoms with Gasteiger partial charge >= 0.3 is 0 Å². The first kappa shape index (κ1) is 12.3. The van der Waals surface area contributed by atoms with E-state index < -0.39 is 0 Å². The Bertz CT molecular complexity index is 772. The third-order valence-electron chi connectivity index (χ3n) is 2.98. The third-order valence-corrected chi connectivity index (χ3v) is 2.98. The van der Waals surface area contributed by atoms with E-state index in [4.69, 9.17) is 10.2 Å². The molecule has 2 heterocycles. The standard InChI is InChI=1S/C14H14N4O2/c1-2-18-8-11(7-16-18)17-14(19)13-6-9-5-10(15)3-4-12(9)20-13/h3-8H,2,15H2,1H3,(H,17,19). The Labute approximate surface area is 115 Å². The second-order valence-corrected chi connectivity index (χ2v) is 4.45. The van der Waals surface area contributed by atoms with Crippen LogP contribution in [-0.2, 0) is 6.54 Å². The molecular formula is C14H14N4O2. The first-order chi connectivity index (χ1) is 9.65. The number of nitrogens with one attached hydrogen (secondary N) is 1. The zero-order chi connectivity index (χ0) is 14.1. The molecule has 0 fully saturated rings. The Morgan fingerprint density at radius 2 is 2.30 bits per heavy atom. The smallest absolute Gasteiger partial charge is 0.291 e. The van der Waals surface area contributed by atoms with Gasteiger partial charge in [0.25, 0.3) is 5.91 Å². The molecular weight excluding hydrogens is 256 g/mol. The zero-order valence-corrected chi connectivity index (χ0v) is 11.0. The van der Waals surface area contributed by atoms with Gasteiger partial charge in [-0.1, -0.05) is 0 Å². The first-order valence-electron chi connectivity index (χ1n) is 6.28. The molecule has 3 N–H and O–H groups in total. The van der Waals surface area contributed by atoms with Crippen molar-refractivity contribution in [1.82, 2.24) is 9.78 Å². The number of amides is 1. The molecule has 3 aromatic rings.